The molecule has 0 radical (unpaired) electrons. The average molecular weight is 357 g/mol. The summed E-state index contributed by atoms with van der Waals surface area (Å²) in [7, 11) is 1.53. The normalized spacial score (nSPS) is 32.4. The van der Waals surface area contributed by atoms with Gasteiger partial charge in [0, 0.05) is 24.4 Å². The molecule has 138 valence electrons. The molecule has 3 heterocycles. The first-order valence-corrected chi connectivity index (χ1v) is 8.88. The zero-order valence-corrected chi connectivity index (χ0v) is 15.4. The quantitative estimate of drug-likeness (QED) is 0.777. The fourth-order valence-electron chi connectivity index (χ4n) is 4.88. The van der Waals surface area contributed by atoms with Crippen LogP contribution in [-0.2, 0) is 24.7 Å². The Morgan fingerprint density at radius 2 is 1.92 bits per heavy atom. The number of benzene rings is 1. The molecule has 0 unspecified atom stereocenters. The highest BCUT2D eigenvalue weighted by Gasteiger charge is 2.69. The van der Waals surface area contributed by atoms with Crippen molar-refractivity contribution >= 4 is 23.4 Å². The number of likely N-dealkylation sites (tertiary alicyclic amines) is 1. The number of carbonyl (C=O) groups is 3. The van der Waals surface area contributed by atoms with Crippen LogP contribution in [0.15, 0.2) is 12.1 Å². The summed E-state index contributed by atoms with van der Waals surface area (Å²) >= 11 is 0. The van der Waals surface area contributed by atoms with Gasteiger partial charge in [-0.05, 0) is 26.3 Å². The molecule has 1 aromatic carbocycles. The maximum Gasteiger partial charge on any atom is 0.250 e. The minimum Gasteiger partial charge on any atom is -0.383 e. The Bertz CT molecular complexity index is 836. The molecule has 1 aromatic rings. The number of aryl methyl sites for hydroxylation is 2. The fraction of sp³-hybridized carbons (Fsp3) is 0.526. The SMILES string of the molecule is COCCN1C(=O)[C@H]2[C@@H](C1=O)[C@]1(N[C@@H]2C)C(=O)Nc2c(C)cc(C)cc21. The van der Waals surface area contributed by atoms with Gasteiger partial charge >= 0.3 is 0 Å². The Morgan fingerprint density at radius 3 is 2.62 bits per heavy atom. The predicted octanol–water partition coefficient (Wildman–Crippen LogP) is 0.690. The molecule has 3 amide bonds. The van der Waals surface area contributed by atoms with E-state index in [1.807, 2.05) is 32.9 Å². The van der Waals surface area contributed by atoms with Crippen molar-refractivity contribution in [1.82, 2.24) is 10.2 Å². The highest BCUT2D eigenvalue weighted by Crippen LogP contribution is 2.53. The van der Waals surface area contributed by atoms with Crippen LogP contribution in [0.5, 0.6) is 0 Å². The van der Waals surface area contributed by atoms with Gasteiger partial charge < -0.3 is 10.1 Å². The van der Waals surface area contributed by atoms with E-state index in [0.717, 1.165) is 22.4 Å². The largest absolute Gasteiger partial charge is 0.383 e. The standard InChI is InChI=1S/C19H23N3O4/c1-9-7-10(2)15-12(8-9)19(18(25)20-15)14-13(11(3)21-19)16(23)22(17(14)24)5-6-26-4/h7-8,11,13-14,21H,5-6H2,1-4H3,(H,20,25)/t11-,13-,14+,19+/m1/s1. The van der Waals surface area contributed by atoms with Crippen molar-refractivity contribution < 1.29 is 19.1 Å². The second-order valence-corrected chi connectivity index (χ2v) is 7.52. The molecule has 3 aliphatic heterocycles. The third-order valence-electron chi connectivity index (χ3n) is 5.92. The van der Waals surface area contributed by atoms with E-state index >= 15 is 0 Å². The molecule has 2 N–H and O–H groups in total. The van der Waals surface area contributed by atoms with Crippen LogP contribution in [0.4, 0.5) is 5.69 Å². The lowest BCUT2D eigenvalue weighted by atomic mass is 9.76. The van der Waals surface area contributed by atoms with Crippen LogP contribution in [0.25, 0.3) is 0 Å². The van der Waals surface area contributed by atoms with Gasteiger partial charge in [0.25, 0.3) is 0 Å². The van der Waals surface area contributed by atoms with Gasteiger partial charge in [0.05, 0.1) is 25.0 Å². The third-order valence-corrected chi connectivity index (χ3v) is 5.92. The number of nitrogens with zero attached hydrogens (tertiary/aromatic N) is 1. The van der Waals surface area contributed by atoms with E-state index < -0.39 is 17.4 Å². The smallest absolute Gasteiger partial charge is 0.250 e. The molecule has 4 atom stereocenters. The van der Waals surface area contributed by atoms with Crippen LogP contribution in [0.2, 0.25) is 0 Å². The van der Waals surface area contributed by atoms with Gasteiger partial charge in [0.2, 0.25) is 17.7 Å². The minimum absolute atomic E-state index is 0.214. The summed E-state index contributed by atoms with van der Waals surface area (Å²) in [4.78, 5) is 40.4. The highest BCUT2D eigenvalue weighted by atomic mass is 16.5. The van der Waals surface area contributed by atoms with Gasteiger partial charge in [-0.1, -0.05) is 17.7 Å². The number of anilines is 1. The molecule has 7 heteroatoms. The monoisotopic (exact) mass is 357 g/mol. The van der Waals surface area contributed by atoms with Crippen molar-refractivity contribution in [2.24, 2.45) is 11.8 Å². The van der Waals surface area contributed by atoms with Gasteiger partial charge in [-0.3, -0.25) is 24.6 Å². The van der Waals surface area contributed by atoms with Gasteiger partial charge in [0.15, 0.2) is 0 Å². The number of nitrogens with one attached hydrogen (secondary N) is 2. The van der Waals surface area contributed by atoms with Crippen LogP contribution in [-0.4, -0.2) is 48.9 Å². The Labute approximate surface area is 152 Å². The lowest BCUT2D eigenvalue weighted by Gasteiger charge is -2.29. The van der Waals surface area contributed by atoms with Crippen molar-refractivity contribution in [2.45, 2.75) is 32.4 Å². The zero-order valence-electron chi connectivity index (χ0n) is 15.4. The maximum absolute atomic E-state index is 13.2. The molecule has 3 aliphatic rings. The van der Waals surface area contributed by atoms with Crippen molar-refractivity contribution in [2.75, 3.05) is 25.6 Å². The van der Waals surface area contributed by atoms with Gasteiger partial charge in [-0.25, -0.2) is 0 Å². The van der Waals surface area contributed by atoms with E-state index in [1.54, 1.807) is 0 Å². The van der Waals surface area contributed by atoms with Crippen LogP contribution in [0.1, 0.15) is 23.6 Å². The summed E-state index contributed by atoms with van der Waals surface area (Å²) in [6.45, 7) is 6.27. The van der Waals surface area contributed by atoms with Crippen molar-refractivity contribution in [1.29, 1.82) is 0 Å². The summed E-state index contributed by atoms with van der Waals surface area (Å²) in [6.07, 6.45) is 0. The van der Waals surface area contributed by atoms with Crippen LogP contribution in [0.3, 0.4) is 0 Å². The molecule has 26 heavy (non-hydrogen) atoms. The summed E-state index contributed by atoms with van der Waals surface area (Å²) in [5, 5.41) is 6.26. The summed E-state index contributed by atoms with van der Waals surface area (Å²) in [5.74, 6) is -2.05. The Kier molecular flexibility index (Phi) is 3.71. The Hall–Kier alpha value is -2.25. The van der Waals surface area contributed by atoms with Crippen molar-refractivity contribution in [3.05, 3.63) is 28.8 Å². The number of rotatable bonds is 3. The van der Waals surface area contributed by atoms with Gasteiger partial charge in [-0.15, -0.1) is 0 Å². The van der Waals surface area contributed by atoms with E-state index in [1.165, 1.54) is 12.0 Å². The molecular formula is C19H23N3O4. The molecule has 2 fully saturated rings. The Morgan fingerprint density at radius 1 is 1.19 bits per heavy atom. The molecule has 0 aromatic heterocycles. The first-order valence-electron chi connectivity index (χ1n) is 8.88. The molecule has 7 nitrogen and oxygen atoms in total. The second kappa shape index (κ2) is 5.62. The lowest BCUT2D eigenvalue weighted by Crippen LogP contribution is -2.53. The van der Waals surface area contributed by atoms with Gasteiger partial charge in [0.1, 0.15) is 5.54 Å². The number of hydrogen-bond donors (Lipinski definition) is 2. The lowest BCUT2D eigenvalue weighted by molar-refractivity contribution is -0.143. The molecule has 0 saturated carbocycles. The second-order valence-electron chi connectivity index (χ2n) is 7.52. The first kappa shape index (κ1) is 17.2. The van der Waals surface area contributed by atoms with Gasteiger partial charge in [-0.2, -0.15) is 0 Å². The summed E-state index contributed by atoms with van der Waals surface area (Å²) in [6, 6.07) is 3.67. The maximum atomic E-state index is 13.2. The third kappa shape index (κ3) is 1.98. The topological polar surface area (TPSA) is 87.7 Å². The van der Waals surface area contributed by atoms with E-state index in [4.69, 9.17) is 4.74 Å². The Balaban J connectivity index is 1.86. The molecular weight excluding hydrogens is 334 g/mol. The number of carbonyl (C=O) groups excluding carboxylic acids is 3. The number of fused-ring (bicyclic) bond motifs is 4. The van der Waals surface area contributed by atoms with E-state index in [2.05, 4.69) is 10.6 Å². The first-order chi connectivity index (χ1) is 12.3. The molecule has 1 spiro atoms. The summed E-state index contributed by atoms with van der Waals surface area (Å²) < 4.78 is 5.03. The van der Waals surface area contributed by atoms with E-state index in [0.29, 0.717) is 0 Å². The number of ether oxygens (including phenoxy) is 1. The number of imide groups is 1. The van der Waals surface area contributed by atoms with Crippen LogP contribution >= 0.6 is 0 Å². The van der Waals surface area contributed by atoms with E-state index in [-0.39, 0.29) is 36.9 Å². The zero-order chi connectivity index (χ0) is 18.8. The molecule has 0 bridgehead atoms. The summed E-state index contributed by atoms with van der Waals surface area (Å²) in [5.41, 5.74) is 2.30. The van der Waals surface area contributed by atoms with Crippen molar-refractivity contribution in [3.63, 3.8) is 0 Å². The van der Waals surface area contributed by atoms with Crippen LogP contribution < -0.4 is 10.6 Å². The number of methoxy groups -OCH3 is 1. The number of amides is 3. The van der Waals surface area contributed by atoms with Crippen LogP contribution in [0, 0.1) is 25.7 Å². The van der Waals surface area contributed by atoms with Crippen molar-refractivity contribution in [3.8, 4) is 0 Å². The number of hydrogen-bond acceptors (Lipinski definition) is 5. The molecule has 4 rings (SSSR count). The average Bonchev–Trinajstić information content (AvgIpc) is 3.13. The highest BCUT2D eigenvalue weighted by molar-refractivity contribution is 6.15. The van der Waals surface area contributed by atoms with E-state index in [9.17, 15) is 14.4 Å². The molecule has 2 saturated heterocycles. The predicted molar refractivity (Wildman–Crippen MR) is 94.4 cm³/mol. The molecule has 0 aliphatic carbocycles. The minimum atomic E-state index is -1.19. The fourth-order valence-corrected chi connectivity index (χ4v) is 4.88.